The van der Waals surface area contributed by atoms with E-state index in [0.29, 0.717) is 6.54 Å². The fraction of sp³-hybridized carbons (Fsp3) is 0.143. The number of nitrogens with one attached hydrogen (secondary N) is 1. The number of aryl methyl sites for hydroxylation is 1. The number of benzene rings is 2. The highest BCUT2D eigenvalue weighted by atomic mass is 79.9. The molecule has 0 saturated carbocycles. The molecule has 2 aromatic carbocycles. The van der Waals surface area contributed by atoms with Crippen LogP contribution in [0, 0.1) is 22.9 Å². The Morgan fingerprint density at radius 3 is 2.70 bits per heavy atom. The third-order valence-corrected chi connectivity index (χ3v) is 3.67. The van der Waals surface area contributed by atoms with E-state index in [1.807, 2.05) is 0 Å². The van der Waals surface area contributed by atoms with Gasteiger partial charge in [-0.25, -0.2) is 4.39 Å². The predicted octanol–water partition coefficient (Wildman–Crippen LogP) is 4.42. The molecule has 0 fully saturated rings. The van der Waals surface area contributed by atoms with Crippen LogP contribution in [0.15, 0.2) is 40.9 Å². The summed E-state index contributed by atoms with van der Waals surface area (Å²) in [6.45, 7) is 2.22. The first-order valence-corrected chi connectivity index (χ1v) is 6.69. The minimum atomic E-state index is -0.431. The zero-order valence-corrected chi connectivity index (χ0v) is 12.3. The molecule has 0 aromatic heterocycles. The first-order valence-electron chi connectivity index (χ1n) is 5.90. The number of nitrogens with zero attached hydrogens (tertiary/aromatic N) is 1. The molecule has 1 N–H and O–H groups in total. The molecule has 104 valence electrons. The quantitative estimate of drug-likeness (QED) is 0.663. The van der Waals surface area contributed by atoms with Crippen LogP contribution in [0.5, 0.6) is 0 Å². The second-order valence-electron chi connectivity index (χ2n) is 4.35. The van der Waals surface area contributed by atoms with Crippen molar-refractivity contribution in [2.24, 2.45) is 0 Å². The van der Waals surface area contributed by atoms with E-state index in [4.69, 9.17) is 0 Å². The van der Waals surface area contributed by atoms with E-state index in [0.717, 1.165) is 21.3 Å². The lowest BCUT2D eigenvalue weighted by Gasteiger charge is -2.10. The number of hydrogen-bond acceptors (Lipinski definition) is 3. The molecule has 0 radical (unpaired) electrons. The summed E-state index contributed by atoms with van der Waals surface area (Å²) in [6.07, 6.45) is 0. The van der Waals surface area contributed by atoms with Crippen molar-refractivity contribution < 1.29 is 9.31 Å². The number of halogens is 2. The Hall–Kier alpha value is -1.95. The lowest BCUT2D eigenvalue weighted by Crippen LogP contribution is -2.02. The van der Waals surface area contributed by atoms with Crippen LogP contribution in [0.25, 0.3) is 0 Å². The van der Waals surface area contributed by atoms with Crippen molar-refractivity contribution in [1.29, 1.82) is 0 Å². The lowest BCUT2D eigenvalue weighted by molar-refractivity contribution is -0.384. The number of anilines is 1. The lowest BCUT2D eigenvalue weighted by atomic mass is 10.1. The highest BCUT2D eigenvalue weighted by molar-refractivity contribution is 9.10. The van der Waals surface area contributed by atoms with Crippen molar-refractivity contribution in [3.8, 4) is 0 Å². The summed E-state index contributed by atoms with van der Waals surface area (Å²) in [5.41, 5.74) is 2.39. The van der Waals surface area contributed by atoms with Crippen LogP contribution >= 0.6 is 15.9 Å². The minimum absolute atomic E-state index is 0.0555. The number of nitro groups is 1. The molecule has 2 rings (SSSR count). The van der Waals surface area contributed by atoms with Crippen LogP contribution in [0.1, 0.15) is 11.1 Å². The van der Waals surface area contributed by atoms with Crippen molar-refractivity contribution in [3.05, 3.63) is 67.9 Å². The molecule has 0 saturated heterocycles. The molecule has 0 heterocycles. The van der Waals surface area contributed by atoms with E-state index >= 15 is 0 Å². The molecule has 0 aliphatic carbocycles. The van der Waals surface area contributed by atoms with Gasteiger partial charge in [-0.15, -0.1) is 0 Å². The van der Waals surface area contributed by atoms with Crippen LogP contribution in [-0.4, -0.2) is 4.92 Å². The van der Waals surface area contributed by atoms with Gasteiger partial charge in [-0.2, -0.15) is 0 Å². The van der Waals surface area contributed by atoms with Crippen LogP contribution in [0.3, 0.4) is 0 Å². The van der Waals surface area contributed by atoms with Gasteiger partial charge in [0.15, 0.2) is 0 Å². The van der Waals surface area contributed by atoms with Crippen LogP contribution in [0.4, 0.5) is 15.8 Å². The van der Waals surface area contributed by atoms with E-state index in [-0.39, 0.29) is 11.5 Å². The molecule has 20 heavy (non-hydrogen) atoms. The fourth-order valence-corrected chi connectivity index (χ4v) is 2.22. The van der Waals surface area contributed by atoms with E-state index in [1.54, 1.807) is 19.1 Å². The second-order valence-corrected chi connectivity index (χ2v) is 5.20. The SMILES string of the molecule is Cc1cc([N+](=O)[O-])ccc1NCc1cc(F)ccc1Br. The van der Waals surface area contributed by atoms with Gasteiger partial charge in [-0.3, -0.25) is 10.1 Å². The van der Waals surface area contributed by atoms with Crippen LogP contribution in [-0.2, 0) is 6.54 Å². The summed E-state index contributed by atoms with van der Waals surface area (Å²) in [7, 11) is 0. The molecular weight excluding hydrogens is 327 g/mol. The Balaban J connectivity index is 2.15. The Bertz CT molecular complexity index is 662. The van der Waals surface area contributed by atoms with Gasteiger partial charge in [0.2, 0.25) is 0 Å². The van der Waals surface area contributed by atoms with E-state index in [2.05, 4.69) is 21.2 Å². The first-order chi connectivity index (χ1) is 9.47. The zero-order valence-electron chi connectivity index (χ0n) is 10.7. The van der Waals surface area contributed by atoms with Gasteiger partial charge in [0.05, 0.1) is 4.92 Å². The largest absolute Gasteiger partial charge is 0.381 e. The van der Waals surface area contributed by atoms with Gasteiger partial charge >= 0.3 is 0 Å². The van der Waals surface area contributed by atoms with Crippen molar-refractivity contribution in [2.45, 2.75) is 13.5 Å². The highest BCUT2D eigenvalue weighted by Gasteiger charge is 2.08. The first kappa shape index (κ1) is 14.5. The second kappa shape index (κ2) is 6.00. The molecule has 0 spiro atoms. The molecule has 0 aliphatic heterocycles. The molecule has 4 nitrogen and oxygen atoms in total. The number of non-ortho nitro benzene ring substituents is 1. The maximum Gasteiger partial charge on any atom is 0.269 e. The predicted molar refractivity (Wildman–Crippen MR) is 79.3 cm³/mol. The summed E-state index contributed by atoms with van der Waals surface area (Å²) in [6, 6.07) is 9.07. The van der Waals surface area contributed by atoms with Crippen molar-refractivity contribution in [3.63, 3.8) is 0 Å². The standard InChI is InChI=1S/C14H12BrFN2O2/c1-9-6-12(18(19)20)3-5-14(9)17-8-10-7-11(16)2-4-13(10)15/h2-7,17H,8H2,1H3. The monoisotopic (exact) mass is 338 g/mol. The molecule has 6 heteroatoms. The summed E-state index contributed by atoms with van der Waals surface area (Å²) < 4.78 is 14.0. The number of hydrogen-bond donors (Lipinski definition) is 1. The molecule has 0 unspecified atom stereocenters. The molecule has 0 atom stereocenters. The smallest absolute Gasteiger partial charge is 0.269 e. The third-order valence-electron chi connectivity index (χ3n) is 2.90. The number of nitro benzene ring substituents is 1. The molecular formula is C14H12BrFN2O2. The average molecular weight is 339 g/mol. The normalized spacial score (nSPS) is 10.3. The zero-order chi connectivity index (χ0) is 14.7. The maximum absolute atomic E-state index is 13.2. The van der Waals surface area contributed by atoms with Gasteiger partial charge < -0.3 is 5.32 Å². The summed E-state index contributed by atoms with van der Waals surface area (Å²) in [5.74, 6) is -0.301. The molecule has 0 amide bonds. The van der Waals surface area contributed by atoms with Crippen molar-refractivity contribution in [1.82, 2.24) is 0 Å². The average Bonchev–Trinajstić information content (AvgIpc) is 2.40. The Kier molecular flexibility index (Phi) is 4.34. The maximum atomic E-state index is 13.2. The Morgan fingerprint density at radius 1 is 1.30 bits per heavy atom. The van der Waals surface area contributed by atoms with Gasteiger partial charge in [0.25, 0.3) is 5.69 Å². The van der Waals surface area contributed by atoms with Gasteiger partial charge in [0.1, 0.15) is 5.82 Å². The molecule has 2 aromatic rings. The third kappa shape index (κ3) is 3.33. The van der Waals surface area contributed by atoms with E-state index in [1.165, 1.54) is 24.3 Å². The molecule has 0 bridgehead atoms. The van der Waals surface area contributed by atoms with Crippen LogP contribution in [0.2, 0.25) is 0 Å². The van der Waals surface area contributed by atoms with Crippen LogP contribution < -0.4 is 5.32 Å². The summed E-state index contributed by atoms with van der Waals surface area (Å²) in [4.78, 5) is 10.2. The van der Waals surface area contributed by atoms with Crippen molar-refractivity contribution in [2.75, 3.05) is 5.32 Å². The topological polar surface area (TPSA) is 55.2 Å². The van der Waals surface area contributed by atoms with Gasteiger partial charge in [-0.05, 0) is 42.3 Å². The van der Waals surface area contributed by atoms with Gasteiger partial charge in [-0.1, -0.05) is 15.9 Å². The van der Waals surface area contributed by atoms with E-state index in [9.17, 15) is 14.5 Å². The highest BCUT2D eigenvalue weighted by Crippen LogP contribution is 2.23. The summed E-state index contributed by atoms with van der Waals surface area (Å²) >= 11 is 3.36. The van der Waals surface area contributed by atoms with E-state index < -0.39 is 4.92 Å². The van der Waals surface area contributed by atoms with Crippen molar-refractivity contribution >= 4 is 27.3 Å². The Morgan fingerprint density at radius 2 is 2.05 bits per heavy atom. The summed E-state index contributed by atoms with van der Waals surface area (Å²) in [5, 5.41) is 13.8. The molecule has 0 aliphatic rings. The Labute approximate surface area is 123 Å². The number of rotatable bonds is 4. The fourth-order valence-electron chi connectivity index (χ4n) is 1.83. The minimum Gasteiger partial charge on any atom is -0.381 e. The van der Waals surface area contributed by atoms with Gasteiger partial charge in [0, 0.05) is 28.8 Å².